The van der Waals surface area contributed by atoms with E-state index in [9.17, 15) is 18.4 Å². The van der Waals surface area contributed by atoms with Crippen LogP contribution in [0.25, 0.3) is 0 Å². The van der Waals surface area contributed by atoms with Crippen molar-refractivity contribution < 1.29 is 18.4 Å². The van der Waals surface area contributed by atoms with Gasteiger partial charge in [-0.2, -0.15) is 0 Å². The lowest BCUT2D eigenvalue weighted by molar-refractivity contribution is -0.120. The molecule has 0 saturated carbocycles. The van der Waals surface area contributed by atoms with E-state index in [1.165, 1.54) is 0 Å². The molecule has 0 atom stereocenters. The van der Waals surface area contributed by atoms with Crippen molar-refractivity contribution in [3.8, 4) is 0 Å². The molecule has 0 spiro atoms. The second-order valence-corrected chi connectivity index (χ2v) is 6.71. The number of anilines is 2. The van der Waals surface area contributed by atoms with Gasteiger partial charge in [0.25, 0.3) is 0 Å². The van der Waals surface area contributed by atoms with Crippen LogP contribution in [-0.4, -0.2) is 22.1 Å². The van der Waals surface area contributed by atoms with Crippen LogP contribution in [-0.2, 0) is 17.8 Å². The number of rotatable bonds is 6. The Hall–Kier alpha value is -3.40. The number of halogens is 2. The first-order chi connectivity index (χ1) is 13.5. The average Bonchev–Trinajstić information content (AvgIpc) is 3.10. The van der Waals surface area contributed by atoms with Crippen LogP contribution in [0.1, 0.15) is 10.6 Å². The minimum atomic E-state index is -0.805. The van der Waals surface area contributed by atoms with Gasteiger partial charge in [0, 0.05) is 12.6 Å². The number of benzene rings is 2. The molecule has 144 valence electrons. The molecule has 1 heterocycles. The summed E-state index contributed by atoms with van der Waals surface area (Å²) in [6, 6.07) is 11.3. The minimum absolute atomic E-state index is 0.00627. The van der Waals surface area contributed by atoms with Crippen LogP contribution in [0, 0.1) is 11.6 Å². The van der Waals surface area contributed by atoms with E-state index in [-0.39, 0.29) is 23.1 Å². The zero-order chi connectivity index (χ0) is 19.9. The number of carbonyl (C=O) groups is 2. The van der Waals surface area contributed by atoms with Crippen molar-refractivity contribution in [1.82, 2.24) is 15.5 Å². The van der Waals surface area contributed by atoms with Crippen molar-refractivity contribution in [2.45, 2.75) is 13.0 Å². The highest BCUT2D eigenvalue weighted by Gasteiger charge is 2.13. The first kappa shape index (κ1) is 19.4. The van der Waals surface area contributed by atoms with Crippen LogP contribution in [0.4, 0.5) is 24.4 Å². The third-order valence-corrected chi connectivity index (χ3v) is 4.35. The topological polar surface area (TPSA) is 96.0 Å². The van der Waals surface area contributed by atoms with E-state index in [1.807, 2.05) is 30.3 Å². The summed E-state index contributed by atoms with van der Waals surface area (Å²) in [5.41, 5.74) is 0.666. The molecule has 3 rings (SSSR count). The number of nitrogens with zero attached hydrogens (tertiary/aromatic N) is 2. The normalized spacial score (nSPS) is 10.4. The molecular formula is C18H15F2N5O2S. The van der Waals surface area contributed by atoms with Gasteiger partial charge < -0.3 is 10.6 Å². The summed E-state index contributed by atoms with van der Waals surface area (Å²) in [4.78, 5) is 23.9. The Morgan fingerprint density at radius 2 is 1.79 bits per heavy atom. The molecule has 0 unspecified atom stereocenters. The lowest BCUT2D eigenvalue weighted by Gasteiger charge is -2.06. The van der Waals surface area contributed by atoms with E-state index in [0.29, 0.717) is 11.6 Å². The fraction of sp³-hybridized carbons (Fsp3) is 0.111. The molecule has 0 fully saturated rings. The summed E-state index contributed by atoms with van der Waals surface area (Å²) in [6.45, 7) is 0.394. The highest BCUT2D eigenvalue weighted by Crippen LogP contribution is 2.18. The van der Waals surface area contributed by atoms with Crippen LogP contribution < -0.4 is 16.0 Å². The standard InChI is InChI=1S/C18H15F2N5O2S/c19-12-6-7-13(20)14(8-12)22-17(27)23-18-25-24-16(28-18)9-15(26)21-10-11-4-2-1-3-5-11/h1-8H,9-10H2,(H,21,26)(H2,22,23,25,27). The monoisotopic (exact) mass is 403 g/mol. The fourth-order valence-electron chi connectivity index (χ4n) is 2.22. The Labute approximate surface area is 162 Å². The summed E-state index contributed by atoms with van der Waals surface area (Å²) in [5.74, 6) is -1.70. The molecule has 1 aromatic heterocycles. The molecule has 0 aliphatic heterocycles. The maximum absolute atomic E-state index is 13.5. The smallest absolute Gasteiger partial charge is 0.325 e. The lowest BCUT2D eigenvalue weighted by atomic mass is 10.2. The van der Waals surface area contributed by atoms with Gasteiger partial charge in [0.05, 0.1) is 12.1 Å². The third kappa shape index (κ3) is 5.55. The van der Waals surface area contributed by atoms with Crippen LogP contribution in [0.15, 0.2) is 48.5 Å². The predicted octanol–water partition coefficient (Wildman–Crippen LogP) is 3.32. The van der Waals surface area contributed by atoms with Crippen LogP contribution in [0.2, 0.25) is 0 Å². The van der Waals surface area contributed by atoms with Crippen LogP contribution >= 0.6 is 11.3 Å². The van der Waals surface area contributed by atoms with Crippen LogP contribution in [0.5, 0.6) is 0 Å². The lowest BCUT2D eigenvalue weighted by Crippen LogP contribution is -2.24. The Kier molecular flexibility index (Phi) is 6.22. The largest absolute Gasteiger partial charge is 0.352 e. The van der Waals surface area contributed by atoms with E-state index < -0.39 is 17.7 Å². The van der Waals surface area contributed by atoms with Crippen molar-refractivity contribution in [2.75, 3.05) is 10.6 Å². The first-order valence-electron chi connectivity index (χ1n) is 8.15. The number of hydrogen-bond donors (Lipinski definition) is 3. The molecule has 0 bridgehead atoms. The first-order valence-corrected chi connectivity index (χ1v) is 8.97. The quantitative estimate of drug-likeness (QED) is 0.588. The van der Waals surface area contributed by atoms with E-state index in [0.717, 1.165) is 35.1 Å². The second kappa shape index (κ2) is 9.00. The van der Waals surface area contributed by atoms with Crippen molar-refractivity contribution in [3.05, 3.63) is 70.7 Å². The molecule has 3 N–H and O–H groups in total. The molecule has 3 amide bonds. The number of amides is 3. The zero-order valence-corrected chi connectivity index (χ0v) is 15.2. The molecule has 2 aromatic carbocycles. The summed E-state index contributed by atoms with van der Waals surface area (Å²) in [6.07, 6.45) is 0.00627. The number of aromatic nitrogens is 2. The maximum Gasteiger partial charge on any atom is 0.325 e. The van der Waals surface area contributed by atoms with E-state index in [1.54, 1.807) is 0 Å². The van der Waals surface area contributed by atoms with Crippen LogP contribution in [0.3, 0.4) is 0 Å². The number of carbonyl (C=O) groups excluding carboxylic acids is 2. The molecule has 0 aliphatic carbocycles. The van der Waals surface area contributed by atoms with Gasteiger partial charge in [-0.25, -0.2) is 13.6 Å². The average molecular weight is 403 g/mol. The maximum atomic E-state index is 13.5. The molecular weight excluding hydrogens is 388 g/mol. The van der Waals surface area contributed by atoms with Gasteiger partial charge in [-0.05, 0) is 17.7 Å². The number of hydrogen-bond acceptors (Lipinski definition) is 5. The van der Waals surface area contributed by atoms with Gasteiger partial charge in [0.15, 0.2) is 0 Å². The molecule has 7 nitrogen and oxygen atoms in total. The SMILES string of the molecule is O=C(Cc1nnc(NC(=O)Nc2cc(F)ccc2F)s1)NCc1ccccc1. The summed E-state index contributed by atoms with van der Waals surface area (Å²) >= 11 is 1.01. The summed E-state index contributed by atoms with van der Waals surface area (Å²) < 4.78 is 26.7. The molecule has 10 heteroatoms. The molecule has 28 heavy (non-hydrogen) atoms. The van der Waals surface area contributed by atoms with E-state index >= 15 is 0 Å². The molecule has 0 radical (unpaired) electrons. The fourth-order valence-corrected chi connectivity index (χ4v) is 2.95. The van der Waals surface area contributed by atoms with E-state index in [4.69, 9.17) is 0 Å². The van der Waals surface area contributed by atoms with Gasteiger partial charge in [-0.3, -0.25) is 10.1 Å². The van der Waals surface area contributed by atoms with Crippen molar-refractivity contribution in [1.29, 1.82) is 0 Å². The van der Waals surface area contributed by atoms with Gasteiger partial charge in [-0.1, -0.05) is 41.7 Å². The Balaban J connectivity index is 1.50. The molecule has 0 saturated heterocycles. The second-order valence-electron chi connectivity index (χ2n) is 5.64. The Morgan fingerprint density at radius 3 is 2.57 bits per heavy atom. The van der Waals surface area contributed by atoms with Gasteiger partial charge in [0.2, 0.25) is 11.0 Å². The number of nitrogens with one attached hydrogen (secondary N) is 3. The van der Waals surface area contributed by atoms with Gasteiger partial charge >= 0.3 is 6.03 Å². The third-order valence-electron chi connectivity index (χ3n) is 3.51. The highest BCUT2D eigenvalue weighted by atomic mass is 32.1. The van der Waals surface area contributed by atoms with Crippen molar-refractivity contribution in [3.63, 3.8) is 0 Å². The molecule has 3 aromatic rings. The Bertz CT molecular complexity index is 981. The summed E-state index contributed by atoms with van der Waals surface area (Å²) in [7, 11) is 0. The van der Waals surface area contributed by atoms with Gasteiger partial charge in [0.1, 0.15) is 16.6 Å². The minimum Gasteiger partial charge on any atom is -0.352 e. The highest BCUT2D eigenvalue weighted by molar-refractivity contribution is 7.15. The number of urea groups is 1. The Morgan fingerprint density at radius 1 is 1.00 bits per heavy atom. The van der Waals surface area contributed by atoms with Crippen molar-refractivity contribution in [2.24, 2.45) is 0 Å². The zero-order valence-electron chi connectivity index (χ0n) is 14.4. The van der Waals surface area contributed by atoms with Crippen molar-refractivity contribution >= 4 is 34.1 Å². The van der Waals surface area contributed by atoms with Gasteiger partial charge in [-0.15, -0.1) is 10.2 Å². The predicted molar refractivity (Wildman–Crippen MR) is 101 cm³/mol. The van der Waals surface area contributed by atoms with E-state index in [2.05, 4.69) is 26.1 Å². The summed E-state index contributed by atoms with van der Waals surface area (Å²) in [5, 5.41) is 15.4. The molecule has 0 aliphatic rings.